The quantitative estimate of drug-likeness (QED) is 0.889. The van der Waals surface area contributed by atoms with Crippen LogP contribution in [-0.4, -0.2) is 26.9 Å². The molecule has 1 unspecified atom stereocenters. The average Bonchev–Trinajstić information content (AvgIpc) is 2.45. The summed E-state index contributed by atoms with van der Waals surface area (Å²) in [4.78, 5) is 0. The van der Waals surface area contributed by atoms with Crippen LogP contribution in [0, 0.1) is 11.7 Å². The summed E-state index contributed by atoms with van der Waals surface area (Å²) >= 11 is 0. The lowest BCUT2D eigenvalue weighted by Gasteiger charge is -2.32. The van der Waals surface area contributed by atoms with Gasteiger partial charge in [0.2, 0.25) is 0 Å². The van der Waals surface area contributed by atoms with Gasteiger partial charge in [0.25, 0.3) is 0 Å². The standard InChI is InChI=1S/C15H22FNO2/c1-3-17-15(11-6-8-19-9-7-11)13-10-12(16)4-5-14(13)18-2/h4-5,10-11,15,17H,3,6-9H2,1-2H3. The predicted molar refractivity (Wildman–Crippen MR) is 72.9 cm³/mol. The highest BCUT2D eigenvalue weighted by atomic mass is 19.1. The summed E-state index contributed by atoms with van der Waals surface area (Å²) in [6, 6.07) is 4.85. The number of nitrogens with one attached hydrogen (secondary N) is 1. The van der Waals surface area contributed by atoms with Crippen molar-refractivity contribution in [3.05, 3.63) is 29.6 Å². The summed E-state index contributed by atoms with van der Waals surface area (Å²) < 4.78 is 24.3. The van der Waals surface area contributed by atoms with E-state index in [0.29, 0.717) is 5.92 Å². The zero-order valence-corrected chi connectivity index (χ0v) is 11.6. The fraction of sp³-hybridized carbons (Fsp3) is 0.600. The second-order valence-corrected chi connectivity index (χ2v) is 4.87. The highest BCUT2D eigenvalue weighted by molar-refractivity contribution is 5.37. The van der Waals surface area contributed by atoms with Crippen LogP contribution in [0.25, 0.3) is 0 Å². The predicted octanol–water partition coefficient (Wildman–Crippen LogP) is 2.91. The Morgan fingerprint density at radius 3 is 2.79 bits per heavy atom. The first kappa shape index (κ1) is 14.3. The van der Waals surface area contributed by atoms with Crippen molar-refractivity contribution in [2.24, 2.45) is 5.92 Å². The van der Waals surface area contributed by atoms with E-state index in [2.05, 4.69) is 12.2 Å². The normalized spacial score (nSPS) is 18.3. The van der Waals surface area contributed by atoms with Gasteiger partial charge in [-0.15, -0.1) is 0 Å². The van der Waals surface area contributed by atoms with Gasteiger partial charge < -0.3 is 14.8 Å². The Bertz CT molecular complexity index is 405. The number of methoxy groups -OCH3 is 1. The highest BCUT2D eigenvalue weighted by Gasteiger charge is 2.27. The number of rotatable bonds is 5. The molecule has 1 aliphatic heterocycles. The van der Waals surface area contributed by atoms with Crippen LogP contribution in [0.5, 0.6) is 5.75 Å². The Balaban J connectivity index is 2.28. The minimum atomic E-state index is -0.217. The average molecular weight is 267 g/mol. The van der Waals surface area contributed by atoms with Crippen LogP contribution in [0.2, 0.25) is 0 Å². The largest absolute Gasteiger partial charge is 0.496 e. The lowest BCUT2D eigenvalue weighted by Crippen LogP contribution is -2.32. The van der Waals surface area contributed by atoms with Crippen molar-refractivity contribution < 1.29 is 13.9 Å². The molecule has 1 saturated heterocycles. The maximum atomic E-state index is 13.5. The van der Waals surface area contributed by atoms with Crippen LogP contribution in [0.3, 0.4) is 0 Å². The van der Waals surface area contributed by atoms with E-state index < -0.39 is 0 Å². The highest BCUT2D eigenvalue weighted by Crippen LogP contribution is 2.35. The smallest absolute Gasteiger partial charge is 0.123 e. The van der Waals surface area contributed by atoms with Crippen molar-refractivity contribution in [1.29, 1.82) is 0 Å². The van der Waals surface area contributed by atoms with E-state index >= 15 is 0 Å². The lowest BCUT2D eigenvalue weighted by atomic mass is 9.86. The van der Waals surface area contributed by atoms with Gasteiger partial charge in [0.1, 0.15) is 11.6 Å². The molecule has 3 nitrogen and oxygen atoms in total. The Hall–Kier alpha value is -1.13. The molecule has 1 aromatic rings. The fourth-order valence-corrected chi connectivity index (χ4v) is 2.75. The van der Waals surface area contributed by atoms with Crippen LogP contribution in [0.15, 0.2) is 18.2 Å². The molecular formula is C15H22FNO2. The van der Waals surface area contributed by atoms with Crippen molar-refractivity contribution in [3.8, 4) is 5.75 Å². The third-order valence-electron chi connectivity index (χ3n) is 3.69. The zero-order chi connectivity index (χ0) is 13.7. The van der Waals surface area contributed by atoms with Gasteiger partial charge in [-0.2, -0.15) is 0 Å². The fourth-order valence-electron chi connectivity index (χ4n) is 2.75. The molecule has 2 rings (SSSR count). The monoisotopic (exact) mass is 267 g/mol. The van der Waals surface area contributed by atoms with Gasteiger partial charge in [-0.25, -0.2) is 4.39 Å². The molecule has 1 heterocycles. The lowest BCUT2D eigenvalue weighted by molar-refractivity contribution is 0.0534. The van der Waals surface area contributed by atoms with Crippen molar-refractivity contribution in [2.75, 3.05) is 26.9 Å². The van der Waals surface area contributed by atoms with E-state index in [1.54, 1.807) is 19.2 Å². The molecule has 0 amide bonds. The molecule has 0 bridgehead atoms. The maximum absolute atomic E-state index is 13.5. The second kappa shape index (κ2) is 6.87. The van der Waals surface area contributed by atoms with Crippen molar-refractivity contribution in [2.45, 2.75) is 25.8 Å². The van der Waals surface area contributed by atoms with E-state index in [9.17, 15) is 4.39 Å². The Labute approximate surface area is 114 Å². The van der Waals surface area contributed by atoms with Gasteiger partial charge in [0, 0.05) is 24.8 Å². The zero-order valence-electron chi connectivity index (χ0n) is 11.6. The first-order valence-corrected chi connectivity index (χ1v) is 6.90. The van der Waals surface area contributed by atoms with Gasteiger partial charge in [0.05, 0.1) is 7.11 Å². The van der Waals surface area contributed by atoms with E-state index in [0.717, 1.165) is 43.9 Å². The molecule has 0 aromatic heterocycles. The van der Waals surface area contributed by atoms with Crippen molar-refractivity contribution in [1.82, 2.24) is 5.32 Å². The van der Waals surface area contributed by atoms with Crippen LogP contribution < -0.4 is 10.1 Å². The summed E-state index contributed by atoms with van der Waals surface area (Å²) in [6.45, 7) is 4.48. The Morgan fingerprint density at radius 1 is 1.42 bits per heavy atom. The molecule has 1 aromatic carbocycles. The van der Waals surface area contributed by atoms with Crippen LogP contribution in [0.1, 0.15) is 31.4 Å². The summed E-state index contributed by atoms with van der Waals surface area (Å²) in [5.74, 6) is 0.994. The van der Waals surface area contributed by atoms with E-state index in [4.69, 9.17) is 9.47 Å². The molecule has 1 N–H and O–H groups in total. The molecule has 0 spiro atoms. The molecule has 106 valence electrons. The minimum Gasteiger partial charge on any atom is -0.496 e. The summed E-state index contributed by atoms with van der Waals surface area (Å²) in [6.07, 6.45) is 1.99. The van der Waals surface area contributed by atoms with Crippen LogP contribution in [0.4, 0.5) is 4.39 Å². The second-order valence-electron chi connectivity index (χ2n) is 4.87. The number of hydrogen-bond acceptors (Lipinski definition) is 3. The Morgan fingerprint density at radius 2 is 2.16 bits per heavy atom. The topological polar surface area (TPSA) is 30.5 Å². The Kier molecular flexibility index (Phi) is 5.16. The summed E-state index contributed by atoms with van der Waals surface area (Å²) in [7, 11) is 1.63. The first-order chi connectivity index (χ1) is 9.26. The molecule has 1 fully saturated rings. The number of hydrogen-bond donors (Lipinski definition) is 1. The van der Waals surface area contributed by atoms with Crippen LogP contribution in [-0.2, 0) is 4.74 Å². The molecule has 0 radical (unpaired) electrons. The summed E-state index contributed by atoms with van der Waals surface area (Å²) in [5, 5.41) is 3.47. The van der Waals surface area contributed by atoms with Gasteiger partial charge in [-0.3, -0.25) is 0 Å². The molecule has 19 heavy (non-hydrogen) atoms. The van der Waals surface area contributed by atoms with Gasteiger partial charge in [-0.1, -0.05) is 6.92 Å². The van der Waals surface area contributed by atoms with Crippen LogP contribution >= 0.6 is 0 Å². The number of benzene rings is 1. The third-order valence-corrected chi connectivity index (χ3v) is 3.69. The van der Waals surface area contributed by atoms with Gasteiger partial charge in [-0.05, 0) is 43.5 Å². The van der Waals surface area contributed by atoms with E-state index in [-0.39, 0.29) is 11.9 Å². The summed E-state index contributed by atoms with van der Waals surface area (Å²) in [5.41, 5.74) is 0.913. The third kappa shape index (κ3) is 3.45. The minimum absolute atomic E-state index is 0.125. The molecule has 1 atom stereocenters. The van der Waals surface area contributed by atoms with Crippen molar-refractivity contribution in [3.63, 3.8) is 0 Å². The molecule has 0 aliphatic carbocycles. The number of ether oxygens (including phenoxy) is 2. The van der Waals surface area contributed by atoms with Crippen molar-refractivity contribution >= 4 is 0 Å². The molecular weight excluding hydrogens is 245 g/mol. The van der Waals surface area contributed by atoms with E-state index in [1.807, 2.05) is 0 Å². The molecule has 0 saturated carbocycles. The van der Waals surface area contributed by atoms with E-state index in [1.165, 1.54) is 6.07 Å². The SMILES string of the molecule is CCNC(c1cc(F)ccc1OC)C1CCOCC1. The molecule has 1 aliphatic rings. The van der Waals surface area contributed by atoms with Gasteiger partial charge >= 0.3 is 0 Å². The number of halogens is 1. The van der Waals surface area contributed by atoms with Gasteiger partial charge in [0.15, 0.2) is 0 Å². The molecule has 4 heteroatoms. The first-order valence-electron chi connectivity index (χ1n) is 6.90. The maximum Gasteiger partial charge on any atom is 0.123 e.